The van der Waals surface area contributed by atoms with Gasteiger partial charge in [-0.3, -0.25) is 0 Å². The molecule has 1 atom stereocenters. The fourth-order valence-electron chi connectivity index (χ4n) is 3.44. The number of thiazole rings is 1. The second kappa shape index (κ2) is 10.8. The van der Waals surface area contributed by atoms with Crippen molar-refractivity contribution in [2.24, 2.45) is 5.92 Å². The summed E-state index contributed by atoms with van der Waals surface area (Å²) in [7, 11) is -3.66. The van der Waals surface area contributed by atoms with E-state index in [4.69, 9.17) is 4.74 Å². The van der Waals surface area contributed by atoms with Crippen molar-refractivity contribution < 1.29 is 22.7 Å². The van der Waals surface area contributed by atoms with E-state index in [0.29, 0.717) is 48.2 Å². The van der Waals surface area contributed by atoms with Gasteiger partial charge in [0.1, 0.15) is 5.60 Å². The maximum atomic E-state index is 12.7. The average Bonchev–Trinajstić information content (AvgIpc) is 3.12. The van der Waals surface area contributed by atoms with E-state index in [9.17, 15) is 18.0 Å². The number of ketones is 1. The number of piperidine rings is 1. The quantitative estimate of drug-likeness (QED) is 0.388. The molecular weight excluding hydrogens is 539 g/mol. The first-order valence-electron chi connectivity index (χ1n) is 11.0. The molecule has 2 N–H and O–H groups in total. The molecule has 186 valence electrons. The Hall–Kier alpha value is -1.94. The summed E-state index contributed by atoms with van der Waals surface area (Å²) >= 11 is 2.56. The van der Waals surface area contributed by atoms with Crippen molar-refractivity contribution in [3.05, 3.63) is 29.1 Å². The molecule has 1 fully saturated rings. The van der Waals surface area contributed by atoms with E-state index in [1.807, 2.05) is 20.8 Å². The number of carbonyl (C=O) groups is 2. The molecule has 0 radical (unpaired) electrons. The van der Waals surface area contributed by atoms with Gasteiger partial charge in [0, 0.05) is 13.1 Å². The molecule has 1 aromatic carbocycles. The first kappa shape index (κ1) is 26.7. The van der Waals surface area contributed by atoms with E-state index in [1.165, 1.54) is 47.2 Å². The van der Waals surface area contributed by atoms with Crippen LogP contribution in [0.5, 0.6) is 0 Å². The molecule has 1 aromatic heterocycles. The number of sulfonamides is 1. The number of rotatable bonds is 7. The number of ether oxygens (including phenoxy) is 1. The van der Waals surface area contributed by atoms with E-state index < -0.39 is 15.6 Å². The van der Waals surface area contributed by atoms with Crippen molar-refractivity contribution in [3.63, 3.8) is 0 Å². The molecule has 3 rings (SSSR count). The number of nitrogens with zero attached hydrogens (tertiary/aromatic N) is 2. The van der Waals surface area contributed by atoms with E-state index in [1.54, 1.807) is 17.0 Å². The maximum absolute atomic E-state index is 12.7. The number of anilines is 2. The summed E-state index contributed by atoms with van der Waals surface area (Å²) in [4.78, 5) is 30.6. The number of hydrogen-bond acceptors (Lipinski definition) is 8. The zero-order chi connectivity index (χ0) is 25.1. The number of amides is 1. The Morgan fingerprint density at radius 3 is 2.35 bits per heavy atom. The summed E-state index contributed by atoms with van der Waals surface area (Å²) in [5.41, 5.74) is 0.149. The third kappa shape index (κ3) is 7.28. The van der Waals surface area contributed by atoms with Gasteiger partial charge in [0.05, 0.1) is 0 Å². The zero-order valence-corrected chi connectivity index (χ0v) is 23.8. The van der Waals surface area contributed by atoms with Gasteiger partial charge in [0.25, 0.3) is 0 Å². The Kier molecular flexibility index (Phi) is 8.44. The van der Waals surface area contributed by atoms with Crippen molar-refractivity contribution in [1.82, 2.24) is 14.6 Å². The molecule has 34 heavy (non-hydrogen) atoms. The van der Waals surface area contributed by atoms with Gasteiger partial charge < -0.3 is 9.64 Å². The Bertz CT molecular complexity index is 1140. The normalized spacial score (nSPS) is 15.3. The van der Waals surface area contributed by atoms with Crippen LogP contribution < -0.4 is 14.5 Å². The summed E-state index contributed by atoms with van der Waals surface area (Å²) in [6.07, 6.45) is 1.09. The van der Waals surface area contributed by atoms with Crippen molar-refractivity contribution in [3.8, 4) is 0 Å². The predicted octanol–water partition coefficient (Wildman–Crippen LogP) is 2.27. The molecule has 1 aliphatic heterocycles. The molecule has 1 saturated heterocycles. The van der Waals surface area contributed by atoms with Crippen LogP contribution in [0.4, 0.5) is 15.6 Å². The first-order valence-corrected chi connectivity index (χ1v) is 14.5. The van der Waals surface area contributed by atoms with Crippen LogP contribution >= 0.6 is 11.3 Å². The van der Waals surface area contributed by atoms with Crippen molar-refractivity contribution in [2.75, 3.05) is 25.0 Å². The fourth-order valence-corrected chi connectivity index (χ4v) is 6.62. The summed E-state index contributed by atoms with van der Waals surface area (Å²) in [6, 6.07) is 6.41. The minimum atomic E-state index is -3.66. The topological polar surface area (TPSA) is 118 Å². The molecule has 12 heteroatoms. The van der Waals surface area contributed by atoms with Crippen LogP contribution in [-0.4, -0.2) is 72.3 Å². The van der Waals surface area contributed by atoms with E-state index in [0.717, 1.165) is 4.48 Å². The molecule has 0 aliphatic carbocycles. The molecule has 1 aliphatic rings. The predicted molar refractivity (Wildman–Crippen MR) is 136 cm³/mol. The Morgan fingerprint density at radius 2 is 1.82 bits per heavy atom. The number of benzene rings is 1. The van der Waals surface area contributed by atoms with Crippen molar-refractivity contribution in [1.29, 1.82) is 0 Å². The summed E-state index contributed by atoms with van der Waals surface area (Å²) in [5.74, 6) is 0.132. The van der Waals surface area contributed by atoms with Gasteiger partial charge in [0.2, 0.25) is 0 Å². The van der Waals surface area contributed by atoms with Crippen LogP contribution in [0.15, 0.2) is 29.2 Å². The van der Waals surface area contributed by atoms with Gasteiger partial charge in [-0.05, 0) is 33.6 Å². The van der Waals surface area contributed by atoms with E-state index in [2.05, 4.69) is 15.0 Å². The minimum absolute atomic E-state index is 0.0204. The summed E-state index contributed by atoms with van der Waals surface area (Å²) in [6.45, 7) is 8.42. The standard InChI is InChI=1S/C22H31AsN4O5S2/c1-14(28)18-19(23)26-20(33-18)25-16-5-7-17(8-6-16)34(30,31)24-13-15-9-11-27(12-10-15)21(29)32-22(2,3)4/h5-8,15,24H,9-13,23H2,1-4H3,(H,25,26). The third-order valence-corrected chi connectivity index (χ3v) is 9.06. The molecule has 0 bridgehead atoms. The van der Waals surface area contributed by atoms with Gasteiger partial charge in [-0.25, -0.2) is 4.79 Å². The van der Waals surface area contributed by atoms with Crippen molar-refractivity contribution in [2.45, 2.75) is 51.0 Å². The average molecular weight is 571 g/mol. The number of aromatic nitrogens is 1. The molecule has 9 nitrogen and oxygen atoms in total. The Balaban J connectivity index is 1.51. The molecule has 1 unspecified atom stereocenters. The van der Waals surface area contributed by atoms with E-state index in [-0.39, 0.29) is 22.7 Å². The van der Waals surface area contributed by atoms with Gasteiger partial charge in [-0.2, -0.15) is 0 Å². The van der Waals surface area contributed by atoms with Crippen molar-refractivity contribution >= 4 is 65.4 Å². The van der Waals surface area contributed by atoms with Crippen LogP contribution in [-0.2, 0) is 14.8 Å². The van der Waals surface area contributed by atoms with Gasteiger partial charge in [0.15, 0.2) is 0 Å². The van der Waals surface area contributed by atoms with Gasteiger partial charge >= 0.3 is 147 Å². The number of hydrogen-bond donors (Lipinski definition) is 2. The fraction of sp³-hybridized carbons (Fsp3) is 0.500. The van der Waals surface area contributed by atoms with Crippen LogP contribution in [0, 0.1) is 5.92 Å². The SMILES string of the molecule is CC(=O)c1sc(Nc2ccc(S(=O)(=O)NCC3CCN(C(=O)OC(C)(C)C)CC3)cc2)nc1[AsH2]. The Labute approximate surface area is 213 Å². The second-order valence-corrected chi connectivity index (χ2v) is 13.1. The van der Waals surface area contributed by atoms with Crippen LogP contribution in [0.2, 0.25) is 0 Å². The zero-order valence-electron chi connectivity index (χ0n) is 19.8. The molecule has 2 heterocycles. The number of Topliss-reactive ketones (excluding diaryl/α,β-unsaturated/α-hetero) is 1. The molecule has 2 aromatic rings. The molecular formula is C22H31AsN4O5S2. The summed E-state index contributed by atoms with van der Waals surface area (Å²) < 4.78 is 34.3. The van der Waals surface area contributed by atoms with Gasteiger partial charge in [-0.15, -0.1) is 0 Å². The first-order chi connectivity index (χ1) is 15.8. The van der Waals surface area contributed by atoms with E-state index >= 15 is 0 Å². The molecule has 0 saturated carbocycles. The van der Waals surface area contributed by atoms with Crippen LogP contribution in [0.1, 0.15) is 50.2 Å². The van der Waals surface area contributed by atoms with Crippen LogP contribution in [0.3, 0.4) is 0 Å². The molecule has 1 amide bonds. The number of carbonyl (C=O) groups excluding carboxylic acids is 2. The summed E-state index contributed by atoms with van der Waals surface area (Å²) in [5, 5.41) is 3.71. The number of likely N-dealkylation sites (tertiary alicyclic amines) is 1. The Morgan fingerprint density at radius 1 is 1.21 bits per heavy atom. The van der Waals surface area contributed by atoms with Crippen LogP contribution in [0.25, 0.3) is 0 Å². The molecule has 0 spiro atoms. The number of nitrogens with one attached hydrogen (secondary N) is 2. The third-order valence-electron chi connectivity index (χ3n) is 5.22. The monoisotopic (exact) mass is 570 g/mol. The second-order valence-electron chi connectivity index (χ2n) is 9.20. The van der Waals surface area contributed by atoms with Gasteiger partial charge in [-0.1, -0.05) is 0 Å².